The van der Waals surface area contributed by atoms with Gasteiger partial charge >= 0.3 is 6.03 Å². The minimum atomic E-state index is 0.0958. The van der Waals surface area contributed by atoms with Crippen molar-refractivity contribution in [3.63, 3.8) is 0 Å². The number of urea groups is 1. The summed E-state index contributed by atoms with van der Waals surface area (Å²) in [5.41, 5.74) is 2.65. The average molecular weight is 289 g/mol. The average Bonchev–Trinajstić information content (AvgIpc) is 2.50. The van der Waals surface area contributed by atoms with Crippen molar-refractivity contribution in [3.05, 3.63) is 35.4 Å². The zero-order valence-electron chi connectivity index (χ0n) is 13.3. The lowest BCUT2D eigenvalue weighted by molar-refractivity contribution is 0.135. The molecule has 0 aliphatic carbocycles. The van der Waals surface area contributed by atoms with Crippen LogP contribution < -0.4 is 5.32 Å². The molecule has 2 amide bonds. The number of nitrogens with one attached hydrogen (secondary N) is 1. The molecule has 0 atom stereocenters. The molecular formula is C17H27N3O. The van der Waals surface area contributed by atoms with Crippen molar-refractivity contribution < 1.29 is 4.79 Å². The van der Waals surface area contributed by atoms with E-state index in [1.54, 1.807) is 0 Å². The maximum absolute atomic E-state index is 12.0. The molecule has 0 unspecified atom stereocenters. The van der Waals surface area contributed by atoms with Gasteiger partial charge in [-0.25, -0.2) is 4.79 Å². The van der Waals surface area contributed by atoms with E-state index in [2.05, 4.69) is 48.3 Å². The van der Waals surface area contributed by atoms with Crippen molar-refractivity contribution in [2.75, 3.05) is 32.7 Å². The van der Waals surface area contributed by atoms with Gasteiger partial charge in [-0.1, -0.05) is 43.2 Å². The van der Waals surface area contributed by atoms with Gasteiger partial charge in [-0.3, -0.25) is 4.90 Å². The maximum atomic E-state index is 12.0. The molecule has 21 heavy (non-hydrogen) atoms. The number of aryl methyl sites for hydroxylation is 1. The number of unbranched alkanes of at least 4 members (excludes halogenated alkanes) is 1. The molecule has 0 aromatic heterocycles. The third-order valence-corrected chi connectivity index (χ3v) is 3.99. The van der Waals surface area contributed by atoms with E-state index in [1.807, 2.05) is 4.90 Å². The molecule has 116 valence electrons. The highest BCUT2D eigenvalue weighted by molar-refractivity contribution is 5.74. The van der Waals surface area contributed by atoms with Crippen molar-refractivity contribution in [1.29, 1.82) is 0 Å². The first-order valence-electron chi connectivity index (χ1n) is 7.99. The fourth-order valence-corrected chi connectivity index (χ4v) is 2.54. The first-order chi connectivity index (χ1) is 10.2. The highest BCUT2D eigenvalue weighted by atomic mass is 16.2. The van der Waals surface area contributed by atoms with Crippen LogP contribution in [0.25, 0.3) is 0 Å². The first-order valence-corrected chi connectivity index (χ1v) is 7.99. The second kappa shape index (κ2) is 8.03. The predicted molar refractivity (Wildman–Crippen MR) is 86.3 cm³/mol. The minimum Gasteiger partial charge on any atom is -0.338 e. The lowest BCUT2D eigenvalue weighted by Gasteiger charge is -2.34. The molecule has 1 aliphatic heterocycles. The molecule has 1 heterocycles. The number of carbonyl (C=O) groups is 1. The van der Waals surface area contributed by atoms with E-state index in [0.29, 0.717) is 0 Å². The minimum absolute atomic E-state index is 0.0958. The van der Waals surface area contributed by atoms with E-state index in [1.165, 1.54) is 11.1 Å². The van der Waals surface area contributed by atoms with E-state index in [9.17, 15) is 4.79 Å². The van der Waals surface area contributed by atoms with Crippen LogP contribution in [0.2, 0.25) is 0 Å². The standard InChI is InChI=1S/C17H27N3O/c1-3-4-9-18-17(21)20-12-10-19(11-13-20)14-16-7-5-15(2)6-8-16/h5-8H,3-4,9-14H2,1-2H3,(H,18,21). The number of benzene rings is 1. The fraction of sp³-hybridized carbons (Fsp3) is 0.588. The second-order valence-corrected chi connectivity index (χ2v) is 5.83. The first kappa shape index (κ1) is 15.8. The van der Waals surface area contributed by atoms with Crippen molar-refractivity contribution >= 4 is 6.03 Å². The molecule has 0 radical (unpaired) electrons. The molecule has 1 aliphatic rings. The zero-order valence-corrected chi connectivity index (χ0v) is 13.3. The Morgan fingerprint density at radius 3 is 2.43 bits per heavy atom. The van der Waals surface area contributed by atoms with Gasteiger partial charge in [0.05, 0.1) is 0 Å². The van der Waals surface area contributed by atoms with Crippen LogP contribution in [0.15, 0.2) is 24.3 Å². The highest BCUT2D eigenvalue weighted by Crippen LogP contribution is 2.10. The summed E-state index contributed by atoms with van der Waals surface area (Å²) < 4.78 is 0. The summed E-state index contributed by atoms with van der Waals surface area (Å²) in [7, 11) is 0. The molecule has 4 nitrogen and oxygen atoms in total. The van der Waals surface area contributed by atoms with Gasteiger partial charge in [0.1, 0.15) is 0 Å². The van der Waals surface area contributed by atoms with Gasteiger partial charge in [-0.2, -0.15) is 0 Å². The summed E-state index contributed by atoms with van der Waals surface area (Å²) in [4.78, 5) is 16.3. The van der Waals surface area contributed by atoms with E-state index in [0.717, 1.165) is 52.1 Å². The molecule has 0 saturated carbocycles. The van der Waals surface area contributed by atoms with Crippen molar-refractivity contribution in [1.82, 2.24) is 15.1 Å². The van der Waals surface area contributed by atoms with Crippen LogP contribution in [0.4, 0.5) is 4.79 Å². The van der Waals surface area contributed by atoms with E-state index in [-0.39, 0.29) is 6.03 Å². The Morgan fingerprint density at radius 2 is 1.81 bits per heavy atom. The molecule has 1 aromatic rings. The van der Waals surface area contributed by atoms with E-state index < -0.39 is 0 Å². The molecule has 1 N–H and O–H groups in total. The molecule has 4 heteroatoms. The van der Waals surface area contributed by atoms with Gasteiger partial charge in [0, 0.05) is 39.3 Å². The van der Waals surface area contributed by atoms with Crippen LogP contribution in [0, 0.1) is 6.92 Å². The summed E-state index contributed by atoms with van der Waals surface area (Å²) in [6, 6.07) is 8.80. The van der Waals surface area contributed by atoms with Gasteiger partial charge < -0.3 is 10.2 Å². The lowest BCUT2D eigenvalue weighted by atomic mass is 10.1. The molecule has 2 rings (SSSR count). The summed E-state index contributed by atoms with van der Waals surface area (Å²) in [5, 5.41) is 2.99. The molecule has 1 aromatic carbocycles. The van der Waals surface area contributed by atoms with Crippen LogP contribution in [-0.4, -0.2) is 48.6 Å². The summed E-state index contributed by atoms with van der Waals surface area (Å²) in [5.74, 6) is 0. The summed E-state index contributed by atoms with van der Waals surface area (Å²) in [6.45, 7) is 9.57. The van der Waals surface area contributed by atoms with Crippen LogP contribution in [-0.2, 0) is 6.54 Å². The SMILES string of the molecule is CCCCNC(=O)N1CCN(Cc2ccc(C)cc2)CC1. The number of rotatable bonds is 5. The molecule has 0 spiro atoms. The van der Waals surface area contributed by atoms with Gasteiger partial charge in [0.15, 0.2) is 0 Å². The van der Waals surface area contributed by atoms with Crippen LogP contribution in [0.1, 0.15) is 30.9 Å². The fourth-order valence-electron chi connectivity index (χ4n) is 2.54. The number of amides is 2. The quantitative estimate of drug-likeness (QED) is 0.846. The summed E-state index contributed by atoms with van der Waals surface area (Å²) in [6.07, 6.45) is 2.17. The normalized spacial score (nSPS) is 16.0. The Kier molecular flexibility index (Phi) is 6.05. The van der Waals surface area contributed by atoms with Crippen LogP contribution in [0.3, 0.4) is 0 Å². The maximum Gasteiger partial charge on any atom is 0.317 e. The van der Waals surface area contributed by atoms with Gasteiger partial charge in [0.25, 0.3) is 0 Å². The summed E-state index contributed by atoms with van der Waals surface area (Å²) >= 11 is 0. The Labute approximate surface area is 128 Å². The zero-order chi connectivity index (χ0) is 15.1. The van der Waals surface area contributed by atoms with Crippen LogP contribution in [0.5, 0.6) is 0 Å². The van der Waals surface area contributed by atoms with Gasteiger partial charge in [-0.15, -0.1) is 0 Å². The number of hydrogen-bond donors (Lipinski definition) is 1. The Balaban J connectivity index is 1.72. The van der Waals surface area contributed by atoms with Crippen LogP contribution >= 0.6 is 0 Å². The topological polar surface area (TPSA) is 35.6 Å². The second-order valence-electron chi connectivity index (χ2n) is 5.83. The number of nitrogens with zero attached hydrogens (tertiary/aromatic N) is 2. The lowest BCUT2D eigenvalue weighted by Crippen LogP contribution is -2.51. The monoisotopic (exact) mass is 289 g/mol. The highest BCUT2D eigenvalue weighted by Gasteiger charge is 2.20. The molecule has 1 fully saturated rings. The predicted octanol–water partition coefficient (Wildman–Crippen LogP) is 2.62. The Hall–Kier alpha value is -1.55. The third-order valence-electron chi connectivity index (χ3n) is 3.99. The van der Waals surface area contributed by atoms with Crippen molar-refractivity contribution in [2.24, 2.45) is 0 Å². The number of hydrogen-bond acceptors (Lipinski definition) is 2. The Morgan fingerprint density at radius 1 is 1.14 bits per heavy atom. The van der Waals surface area contributed by atoms with Gasteiger partial charge in [0.2, 0.25) is 0 Å². The van der Waals surface area contributed by atoms with Gasteiger partial charge in [-0.05, 0) is 18.9 Å². The van der Waals surface area contributed by atoms with Crippen molar-refractivity contribution in [2.45, 2.75) is 33.2 Å². The third kappa shape index (κ3) is 5.05. The smallest absolute Gasteiger partial charge is 0.317 e. The van der Waals surface area contributed by atoms with Crippen molar-refractivity contribution in [3.8, 4) is 0 Å². The largest absolute Gasteiger partial charge is 0.338 e. The van der Waals surface area contributed by atoms with E-state index in [4.69, 9.17) is 0 Å². The number of piperazine rings is 1. The molecule has 1 saturated heterocycles. The molecular weight excluding hydrogens is 262 g/mol. The number of carbonyl (C=O) groups excluding carboxylic acids is 1. The Bertz CT molecular complexity index is 436. The van der Waals surface area contributed by atoms with E-state index >= 15 is 0 Å². The molecule has 0 bridgehead atoms.